The number of hydrogen-bond acceptors (Lipinski definition) is 1. The van der Waals surface area contributed by atoms with Gasteiger partial charge in [0.1, 0.15) is 0 Å². The Morgan fingerprint density at radius 3 is 2.32 bits per heavy atom. The third kappa shape index (κ3) is 2.64. The first-order valence-corrected chi connectivity index (χ1v) is 6.06. The molecule has 0 saturated heterocycles. The van der Waals surface area contributed by atoms with E-state index in [1.54, 1.807) is 13.0 Å². The molecule has 2 aromatic rings. The number of nitrogens with zero attached hydrogens (tertiary/aromatic N) is 2. The fraction of sp³-hybridized carbons (Fsp3) is 0.357. The highest BCUT2D eigenvalue weighted by Gasteiger charge is 2.33. The van der Waals surface area contributed by atoms with Crippen LogP contribution in [0.25, 0.3) is 5.69 Å². The molecule has 1 aromatic heterocycles. The minimum atomic E-state index is -4.34. The highest BCUT2D eigenvalue weighted by molar-refractivity contribution is 5.42. The molecule has 2 nitrogen and oxygen atoms in total. The Morgan fingerprint density at radius 2 is 1.84 bits per heavy atom. The second-order valence-corrected chi connectivity index (χ2v) is 4.53. The predicted octanol–water partition coefficient (Wildman–Crippen LogP) is 4.07. The average molecular weight is 268 g/mol. The lowest BCUT2D eigenvalue weighted by Crippen LogP contribution is -2.11. The number of alkyl halides is 3. The minimum absolute atomic E-state index is 0.304. The third-order valence-corrected chi connectivity index (χ3v) is 3.03. The molecule has 0 amide bonds. The summed E-state index contributed by atoms with van der Waals surface area (Å²) in [7, 11) is 0. The Balaban J connectivity index is 2.58. The van der Waals surface area contributed by atoms with Crippen molar-refractivity contribution in [1.29, 1.82) is 0 Å². The molecule has 0 aliphatic rings. The fourth-order valence-corrected chi connectivity index (χ4v) is 2.16. The first-order valence-electron chi connectivity index (χ1n) is 6.06. The van der Waals surface area contributed by atoms with Gasteiger partial charge < -0.3 is 0 Å². The van der Waals surface area contributed by atoms with Crippen LogP contribution in [-0.2, 0) is 12.6 Å². The molecule has 2 rings (SSSR count). The van der Waals surface area contributed by atoms with Gasteiger partial charge in [-0.25, -0.2) is 4.68 Å². The van der Waals surface area contributed by atoms with Crippen LogP contribution >= 0.6 is 0 Å². The van der Waals surface area contributed by atoms with Crippen molar-refractivity contribution < 1.29 is 13.2 Å². The van der Waals surface area contributed by atoms with Crippen molar-refractivity contribution in [3.05, 3.63) is 46.8 Å². The lowest BCUT2D eigenvalue weighted by Gasteiger charge is -2.14. The summed E-state index contributed by atoms with van der Waals surface area (Å²) >= 11 is 0. The van der Waals surface area contributed by atoms with E-state index in [1.165, 1.54) is 10.7 Å². The molecule has 0 spiro atoms. The third-order valence-electron chi connectivity index (χ3n) is 3.03. The van der Waals surface area contributed by atoms with E-state index >= 15 is 0 Å². The second kappa shape index (κ2) is 4.72. The molecule has 102 valence electrons. The SMILES string of the molecule is CCc1ccc(-n2nc(C)cc2C)cc1C(F)(F)F. The molecule has 0 unspecified atom stereocenters. The van der Waals surface area contributed by atoms with Crippen molar-refractivity contribution in [1.82, 2.24) is 9.78 Å². The monoisotopic (exact) mass is 268 g/mol. The molecule has 0 aliphatic heterocycles. The highest BCUT2D eigenvalue weighted by atomic mass is 19.4. The van der Waals surface area contributed by atoms with Gasteiger partial charge in [-0.2, -0.15) is 18.3 Å². The quantitative estimate of drug-likeness (QED) is 0.802. The van der Waals surface area contributed by atoms with Crippen LogP contribution in [-0.4, -0.2) is 9.78 Å². The summed E-state index contributed by atoms with van der Waals surface area (Å²) in [5.74, 6) is 0. The Kier molecular flexibility index (Phi) is 3.39. The van der Waals surface area contributed by atoms with Gasteiger partial charge in [-0.15, -0.1) is 0 Å². The normalized spacial score (nSPS) is 11.9. The minimum Gasteiger partial charge on any atom is -0.238 e. The van der Waals surface area contributed by atoms with Gasteiger partial charge in [-0.05, 0) is 44.0 Å². The maximum Gasteiger partial charge on any atom is 0.416 e. The number of rotatable bonds is 2. The molecule has 0 saturated carbocycles. The van der Waals surface area contributed by atoms with Crippen LogP contribution in [0.5, 0.6) is 0 Å². The molecule has 0 radical (unpaired) electrons. The molecule has 0 fully saturated rings. The Hall–Kier alpha value is -1.78. The van der Waals surface area contributed by atoms with Crippen LogP contribution in [0.3, 0.4) is 0 Å². The van der Waals surface area contributed by atoms with E-state index in [-0.39, 0.29) is 0 Å². The number of hydrogen-bond donors (Lipinski definition) is 0. The zero-order valence-corrected chi connectivity index (χ0v) is 11.0. The van der Waals surface area contributed by atoms with Crippen LogP contribution in [0, 0.1) is 13.8 Å². The van der Waals surface area contributed by atoms with Gasteiger partial charge in [0.15, 0.2) is 0 Å². The van der Waals surface area contributed by atoms with E-state index in [2.05, 4.69) is 5.10 Å². The lowest BCUT2D eigenvalue weighted by atomic mass is 10.0. The number of benzene rings is 1. The summed E-state index contributed by atoms with van der Waals surface area (Å²) < 4.78 is 40.6. The largest absolute Gasteiger partial charge is 0.416 e. The van der Waals surface area contributed by atoms with E-state index in [4.69, 9.17) is 0 Å². The Labute approximate surface area is 109 Å². The molecule has 0 aliphatic carbocycles. The van der Waals surface area contributed by atoms with Crippen molar-refractivity contribution in [3.8, 4) is 5.69 Å². The second-order valence-electron chi connectivity index (χ2n) is 4.53. The lowest BCUT2D eigenvalue weighted by molar-refractivity contribution is -0.138. The first-order chi connectivity index (χ1) is 8.82. The molecule has 0 bridgehead atoms. The molecule has 19 heavy (non-hydrogen) atoms. The van der Waals surface area contributed by atoms with E-state index in [0.29, 0.717) is 17.7 Å². The number of aromatic nitrogens is 2. The number of aryl methyl sites for hydroxylation is 3. The van der Waals surface area contributed by atoms with Crippen molar-refractivity contribution >= 4 is 0 Å². The van der Waals surface area contributed by atoms with Gasteiger partial charge >= 0.3 is 6.18 Å². The van der Waals surface area contributed by atoms with Crippen molar-refractivity contribution in [3.63, 3.8) is 0 Å². The Bertz CT molecular complexity index is 597. The highest BCUT2D eigenvalue weighted by Crippen LogP contribution is 2.33. The molecule has 1 aromatic carbocycles. The maximum atomic E-state index is 13.0. The van der Waals surface area contributed by atoms with Gasteiger partial charge in [0.25, 0.3) is 0 Å². The van der Waals surface area contributed by atoms with E-state index in [1.807, 2.05) is 19.9 Å². The van der Waals surface area contributed by atoms with Gasteiger partial charge in [-0.1, -0.05) is 13.0 Å². The molecule has 0 N–H and O–H groups in total. The fourth-order valence-electron chi connectivity index (χ4n) is 2.16. The van der Waals surface area contributed by atoms with Crippen LogP contribution in [0.2, 0.25) is 0 Å². The summed E-state index contributed by atoms with van der Waals surface area (Å²) in [5, 5.41) is 4.21. The molecular formula is C14H15F3N2. The number of halogens is 3. The van der Waals surface area contributed by atoms with Gasteiger partial charge in [0.2, 0.25) is 0 Å². The van der Waals surface area contributed by atoms with Crippen LogP contribution in [0.1, 0.15) is 29.4 Å². The van der Waals surface area contributed by atoms with Crippen molar-refractivity contribution in [2.75, 3.05) is 0 Å². The summed E-state index contributed by atoms with van der Waals surface area (Å²) in [5.41, 5.74) is 1.76. The predicted molar refractivity (Wildman–Crippen MR) is 67.4 cm³/mol. The molecule has 5 heteroatoms. The smallest absolute Gasteiger partial charge is 0.238 e. The van der Waals surface area contributed by atoms with Crippen molar-refractivity contribution in [2.24, 2.45) is 0 Å². The summed E-state index contributed by atoms with van der Waals surface area (Å²) in [6.07, 6.45) is -3.98. The first kappa shape index (κ1) is 13.6. The van der Waals surface area contributed by atoms with Gasteiger partial charge in [0.05, 0.1) is 16.9 Å². The van der Waals surface area contributed by atoms with Gasteiger partial charge in [-0.3, -0.25) is 0 Å². The van der Waals surface area contributed by atoms with Crippen LogP contribution in [0.15, 0.2) is 24.3 Å². The molecule has 1 heterocycles. The topological polar surface area (TPSA) is 17.8 Å². The van der Waals surface area contributed by atoms with Crippen LogP contribution in [0.4, 0.5) is 13.2 Å². The average Bonchev–Trinajstić information content (AvgIpc) is 2.66. The summed E-state index contributed by atoms with van der Waals surface area (Å²) in [6.45, 7) is 5.35. The Morgan fingerprint density at radius 1 is 1.16 bits per heavy atom. The zero-order valence-electron chi connectivity index (χ0n) is 11.0. The van der Waals surface area contributed by atoms with Crippen molar-refractivity contribution in [2.45, 2.75) is 33.4 Å². The maximum absolute atomic E-state index is 13.0. The standard InChI is InChI=1S/C14H15F3N2/c1-4-11-5-6-12(8-13(11)14(15,16)17)19-10(3)7-9(2)18-19/h5-8H,4H2,1-3H3. The van der Waals surface area contributed by atoms with E-state index in [0.717, 1.165) is 17.5 Å². The van der Waals surface area contributed by atoms with E-state index in [9.17, 15) is 13.2 Å². The van der Waals surface area contributed by atoms with Crippen LogP contribution < -0.4 is 0 Å². The van der Waals surface area contributed by atoms with E-state index < -0.39 is 11.7 Å². The van der Waals surface area contributed by atoms with Gasteiger partial charge in [0, 0.05) is 5.69 Å². The zero-order chi connectivity index (χ0) is 14.2. The molecular weight excluding hydrogens is 253 g/mol. The summed E-state index contributed by atoms with van der Waals surface area (Å²) in [4.78, 5) is 0. The summed E-state index contributed by atoms with van der Waals surface area (Å²) in [6, 6.07) is 6.20. The molecule has 0 atom stereocenters.